The van der Waals surface area contributed by atoms with Crippen molar-refractivity contribution in [2.45, 2.75) is 32.6 Å². The number of fused-ring (bicyclic) bond motifs is 1. The van der Waals surface area contributed by atoms with Crippen LogP contribution in [0.15, 0.2) is 67.3 Å². The Bertz CT molecular complexity index is 1050. The summed E-state index contributed by atoms with van der Waals surface area (Å²) in [4.78, 5) is 0. The van der Waals surface area contributed by atoms with Crippen LogP contribution in [-0.4, -0.2) is 6.61 Å². The fourth-order valence-corrected chi connectivity index (χ4v) is 3.34. The van der Waals surface area contributed by atoms with E-state index >= 15 is 0 Å². The Labute approximate surface area is 175 Å². The van der Waals surface area contributed by atoms with Gasteiger partial charge in [0, 0.05) is 16.5 Å². The zero-order valence-electron chi connectivity index (χ0n) is 17.1. The Balaban J connectivity index is 1.89. The van der Waals surface area contributed by atoms with Crippen molar-refractivity contribution in [3.8, 4) is 5.75 Å². The lowest BCUT2D eigenvalue weighted by atomic mass is 9.99. The molecular formula is C26H25F3O. The van der Waals surface area contributed by atoms with Gasteiger partial charge in [-0.3, -0.25) is 0 Å². The maximum Gasteiger partial charge on any atom is 0.169 e. The molecule has 0 N–H and O–H groups in total. The molecule has 3 rings (SSSR count). The summed E-state index contributed by atoms with van der Waals surface area (Å²) in [6.45, 7) is 6.01. The van der Waals surface area contributed by atoms with Gasteiger partial charge >= 0.3 is 0 Å². The fraction of sp³-hybridized carbons (Fsp3) is 0.231. The van der Waals surface area contributed by atoms with E-state index in [1.165, 1.54) is 30.3 Å². The first-order chi connectivity index (χ1) is 14.5. The summed E-state index contributed by atoms with van der Waals surface area (Å²) >= 11 is 0. The molecule has 4 heteroatoms. The normalized spacial score (nSPS) is 12.0. The maximum atomic E-state index is 15.0. The average Bonchev–Trinajstić information content (AvgIpc) is 2.77. The molecule has 0 atom stereocenters. The lowest BCUT2D eigenvalue weighted by Crippen LogP contribution is -1.94. The number of halogens is 3. The first-order valence-corrected chi connectivity index (χ1v) is 10.2. The van der Waals surface area contributed by atoms with Gasteiger partial charge in [-0.05, 0) is 54.1 Å². The van der Waals surface area contributed by atoms with Crippen LogP contribution >= 0.6 is 0 Å². The third kappa shape index (κ3) is 4.93. The Hall–Kier alpha value is -3.01. The van der Waals surface area contributed by atoms with E-state index in [9.17, 15) is 13.2 Å². The highest BCUT2D eigenvalue weighted by Gasteiger charge is 2.17. The minimum absolute atomic E-state index is 0.0178. The number of aryl methyl sites for hydroxylation is 1. The molecule has 0 aliphatic heterocycles. The van der Waals surface area contributed by atoms with Crippen molar-refractivity contribution >= 4 is 22.4 Å². The highest BCUT2D eigenvalue weighted by molar-refractivity contribution is 5.91. The molecule has 0 bridgehead atoms. The van der Waals surface area contributed by atoms with Gasteiger partial charge in [0.25, 0.3) is 0 Å². The van der Waals surface area contributed by atoms with Crippen molar-refractivity contribution in [1.29, 1.82) is 0 Å². The van der Waals surface area contributed by atoms with E-state index in [0.29, 0.717) is 17.7 Å². The summed E-state index contributed by atoms with van der Waals surface area (Å²) in [5, 5.41) is 0.963. The molecule has 0 aromatic heterocycles. The van der Waals surface area contributed by atoms with E-state index in [2.05, 4.69) is 13.5 Å². The van der Waals surface area contributed by atoms with Crippen LogP contribution in [-0.2, 0) is 6.42 Å². The molecule has 0 unspecified atom stereocenters. The van der Waals surface area contributed by atoms with E-state index in [1.54, 1.807) is 18.2 Å². The molecule has 0 spiro atoms. The predicted molar refractivity (Wildman–Crippen MR) is 118 cm³/mol. The second-order valence-electron chi connectivity index (χ2n) is 7.19. The molecular weight excluding hydrogens is 385 g/mol. The van der Waals surface area contributed by atoms with Crippen LogP contribution in [0, 0.1) is 5.82 Å². The molecule has 0 fully saturated rings. The second-order valence-corrected chi connectivity index (χ2v) is 7.19. The third-order valence-corrected chi connectivity index (χ3v) is 4.99. The monoisotopic (exact) mass is 410 g/mol. The van der Waals surface area contributed by atoms with E-state index in [-0.39, 0.29) is 16.5 Å². The highest BCUT2D eigenvalue weighted by Crippen LogP contribution is 2.34. The molecule has 0 heterocycles. The van der Waals surface area contributed by atoms with Gasteiger partial charge in [0.05, 0.1) is 0 Å². The van der Waals surface area contributed by atoms with E-state index in [0.717, 1.165) is 31.2 Å². The van der Waals surface area contributed by atoms with Crippen molar-refractivity contribution in [2.75, 3.05) is 6.61 Å². The Morgan fingerprint density at radius 2 is 1.73 bits per heavy atom. The Morgan fingerprint density at radius 1 is 0.967 bits per heavy atom. The summed E-state index contributed by atoms with van der Waals surface area (Å²) in [6, 6.07) is 14.2. The largest absolute Gasteiger partial charge is 0.490 e. The maximum absolute atomic E-state index is 15.0. The summed E-state index contributed by atoms with van der Waals surface area (Å²) in [5.41, 5.74) is 0.749. The molecule has 30 heavy (non-hydrogen) atoms. The summed E-state index contributed by atoms with van der Waals surface area (Å²) in [7, 11) is 0. The van der Waals surface area contributed by atoms with Crippen LogP contribution in [0.1, 0.15) is 42.9 Å². The first-order valence-electron chi connectivity index (χ1n) is 10.2. The SMILES string of the molecule is C=CCOc1ccc(C(F)=C(F)c2ccc3cc(CCCCC)ccc3c2F)cc1. The van der Waals surface area contributed by atoms with E-state index < -0.39 is 17.5 Å². The molecule has 0 amide bonds. The zero-order chi connectivity index (χ0) is 21.5. The number of rotatable bonds is 9. The summed E-state index contributed by atoms with van der Waals surface area (Å²) in [5.74, 6) is -2.58. The van der Waals surface area contributed by atoms with Gasteiger partial charge in [0.2, 0.25) is 0 Å². The summed E-state index contributed by atoms with van der Waals surface area (Å²) in [6.07, 6.45) is 5.85. The van der Waals surface area contributed by atoms with Gasteiger partial charge in [-0.25, -0.2) is 13.2 Å². The van der Waals surface area contributed by atoms with Crippen molar-refractivity contribution in [2.24, 2.45) is 0 Å². The van der Waals surface area contributed by atoms with Crippen molar-refractivity contribution < 1.29 is 17.9 Å². The number of ether oxygens (including phenoxy) is 1. The first kappa shape index (κ1) is 21.7. The third-order valence-electron chi connectivity index (χ3n) is 4.99. The topological polar surface area (TPSA) is 9.23 Å². The molecule has 0 saturated heterocycles. The zero-order valence-corrected chi connectivity index (χ0v) is 17.1. The molecule has 0 aliphatic rings. The standard InChI is InChI=1S/C26H25F3O/c1-3-5-6-7-18-8-14-22-20(17-18)11-15-23(25(22)28)26(29)24(27)19-9-12-21(13-10-19)30-16-4-2/h4,8-15,17H,2-3,5-7,16H2,1H3. The van der Waals surface area contributed by atoms with Crippen molar-refractivity contribution in [1.82, 2.24) is 0 Å². The molecule has 0 saturated carbocycles. The Morgan fingerprint density at radius 3 is 2.43 bits per heavy atom. The van der Waals surface area contributed by atoms with Gasteiger partial charge in [0.15, 0.2) is 11.7 Å². The predicted octanol–water partition coefficient (Wildman–Crippen LogP) is 8.04. The van der Waals surface area contributed by atoms with Crippen LogP contribution < -0.4 is 4.74 Å². The van der Waals surface area contributed by atoms with Crippen molar-refractivity contribution in [3.63, 3.8) is 0 Å². The van der Waals surface area contributed by atoms with Crippen molar-refractivity contribution in [3.05, 3.63) is 89.8 Å². The van der Waals surface area contributed by atoms with Gasteiger partial charge in [-0.15, -0.1) is 0 Å². The molecule has 3 aromatic carbocycles. The van der Waals surface area contributed by atoms with Crippen LogP contribution in [0.2, 0.25) is 0 Å². The smallest absolute Gasteiger partial charge is 0.169 e. The number of unbranched alkanes of at least 4 members (excludes halogenated alkanes) is 2. The lowest BCUT2D eigenvalue weighted by Gasteiger charge is -2.09. The van der Waals surface area contributed by atoms with Crippen LogP contribution in [0.25, 0.3) is 22.4 Å². The van der Waals surface area contributed by atoms with E-state index in [1.807, 2.05) is 12.1 Å². The quantitative estimate of drug-likeness (QED) is 0.197. The molecule has 3 aromatic rings. The molecule has 156 valence electrons. The van der Waals surface area contributed by atoms with E-state index in [4.69, 9.17) is 4.74 Å². The molecule has 0 aliphatic carbocycles. The second kappa shape index (κ2) is 10.1. The minimum Gasteiger partial charge on any atom is -0.490 e. The van der Waals surface area contributed by atoms with Gasteiger partial charge in [-0.1, -0.05) is 56.7 Å². The van der Waals surface area contributed by atoms with Gasteiger partial charge in [-0.2, -0.15) is 0 Å². The highest BCUT2D eigenvalue weighted by atomic mass is 19.2. The lowest BCUT2D eigenvalue weighted by molar-refractivity contribution is 0.363. The fourth-order valence-electron chi connectivity index (χ4n) is 3.34. The average molecular weight is 410 g/mol. The van der Waals surface area contributed by atoms with Crippen LogP contribution in [0.4, 0.5) is 13.2 Å². The van der Waals surface area contributed by atoms with Gasteiger partial charge in [0.1, 0.15) is 18.2 Å². The number of hydrogen-bond acceptors (Lipinski definition) is 1. The summed E-state index contributed by atoms with van der Waals surface area (Å²) < 4.78 is 49.8. The van der Waals surface area contributed by atoms with Crippen LogP contribution in [0.5, 0.6) is 5.75 Å². The number of hydrogen-bond donors (Lipinski definition) is 0. The minimum atomic E-state index is -1.22. The van der Waals surface area contributed by atoms with Crippen LogP contribution in [0.3, 0.4) is 0 Å². The Kier molecular flexibility index (Phi) is 7.34. The van der Waals surface area contributed by atoms with Gasteiger partial charge < -0.3 is 4.74 Å². The molecule has 1 nitrogen and oxygen atoms in total. The number of benzene rings is 3. The molecule has 0 radical (unpaired) electrons.